The van der Waals surface area contributed by atoms with Crippen molar-refractivity contribution < 1.29 is 4.79 Å². The molecule has 0 aromatic heterocycles. The molecule has 2 heteroatoms. The Balaban J connectivity index is 2.64. The number of carbonyl (C=O) groups is 1. The molecule has 0 bridgehead atoms. The first-order valence-corrected chi connectivity index (χ1v) is 6.64. The number of hydrogen-bond donors (Lipinski definition) is 1. The Morgan fingerprint density at radius 2 is 1.56 bits per heavy atom. The maximum atomic E-state index is 10.7. The van der Waals surface area contributed by atoms with E-state index in [1.807, 2.05) is 0 Å². The number of nitrogens with one attached hydrogen (secondary N) is 1. The zero-order chi connectivity index (χ0) is 13.6. The lowest BCUT2D eigenvalue weighted by atomic mass is 9.63. The van der Waals surface area contributed by atoms with Gasteiger partial charge in [0.05, 0.1) is 0 Å². The molecule has 0 saturated carbocycles. The van der Waals surface area contributed by atoms with Crippen LogP contribution in [0.4, 0.5) is 5.69 Å². The summed E-state index contributed by atoms with van der Waals surface area (Å²) in [5.74, 6) is 0. The van der Waals surface area contributed by atoms with Crippen molar-refractivity contribution in [2.45, 2.75) is 58.3 Å². The van der Waals surface area contributed by atoms with Crippen molar-refractivity contribution in [3.05, 3.63) is 28.8 Å². The molecule has 1 aromatic rings. The second kappa shape index (κ2) is 4.11. The van der Waals surface area contributed by atoms with Crippen molar-refractivity contribution in [2.75, 3.05) is 5.32 Å². The number of anilines is 1. The van der Waals surface area contributed by atoms with Crippen molar-refractivity contribution in [1.82, 2.24) is 0 Å². The molecule has 18 heavy (non-hydrogen) atoms. The van der Waals surface area contributed by atoms with E-state index in [-0.39, 0.29) is 10.8 Å². The quantitative estimate of drug-likeness (QED) is 0.786. The molecule has 0 spiro atoms. The van der Waals surface area contributed by atoms with Gasteiger partial charge < -0.3 is 5.32 Å². The summed E-state index contributed by atoms with van der Waals surface area (Å²) < 4.78 is 0. The molecule has 1 amide bonds. The van der Waals surface area contributed by atoms with E-state index < -0.39 is 0 Å². The van der Waals surface area contributed by atoms with Crippen LogP contribution < -0.4 is 5.32 Å². The van der Waals surface area contributed by atoms with Crippen molar-refractivity contribution >= 4 is 12.1 Å². The molecule has 1 aliphatic rings. The topological polar surface area (TPSA) is 29.1 Å². The van der Waals surface area contributed by atoms with Crippen LogP contribution in [0.25, 0.3) is 0 Å². The SMILES string of the molecule is Cc1cc2c(cc1NC=O)C(C)(C)CCC2(C)C. The van der Waals surface area contributed by atoms with Crippen LogP contribution in [0, 0.1) is 6.92 Å². The predicted molar refractivity (Wildman–Crippen MR) is 76.2 cm³/mol. The highest BCUT2D eigenvalue weighted by Crippen LogP contribution is 2.47. The second-order valence-electron chi connectivity index (χ2n) is 6.74. The number of benzene rings is 1. The third kappa shape index (κ3) is 2.05. The first kappa shape index (κ1) is 13.1. The van der Waals surface area contributed by atoms with E-state index in [0.717, 1.165) is 17.7 Å². The smallest absolute Gasteiger partial charge is 0.211 e. The molecule has 2 nitrogen and oxygen atoms in total. The largest absolute Gasteiger partial charge is 0.328 e. The summed E-state index contributed by atoms with van der Waals surface area (Å²) in [5.41, 5.74) is 5.33. The van der Waals surface area contributed by atoms with Crippen LogP contribution in [-0.2, 0) is 15.6 Å². The van der Waals surface area contributed by atoms with E-state index in [0.29, 0.717) is 0 Å². The highest BCUT2D eigenvalue weighted by atomic mass is 16.1. The summed E-state index contributed by atoms with van der Waals surface area (Å²) in [6.07, 6.45) is 3.17. The fourth-order valence-corrected chi connectivity index (χ4v) is 2.94. The average molecular weight is 245 g/mol. The molecule has 0 saturated heterocycles. The Kier molecular flexibility index (Phi) is 3.00. The summed E-state index contributed by atoms with van der Waals surface area (Å²) in [7, 11) is 0. The van der Waals surface area contributed by atoms with Crippen LogP contribution in [0.3, 0.4) is 0 Å². The second-order valence-corrected chi connectivity index (χ2v) is 6.74. The molecule has 0 aliphatic heterocycles. The van der Waals surface area contributed by atoms with Gasteiger partial charge in [0, 0.05) is 5.69 Å². The fraction of sp³-hybridized carbons (Fsp3) is 0.562. The number of carbonyl (C=O) groups excluding carboxylic acids is 1. The normalized spacial score (nSPS) is 20.1. The van der Waals surface area contributed by atoms with E-state index in [1.54, 1.807) is 0 Å². The van der Waals surface area contributed by atoms with Crippen LogP contribution in [0.1, 0.15) is 57.2 Å². The number of rotatable bonds is 2. The summed E-state index contributed by atoms with van der Waals surface area (Å²) in [5, 5.41) is 2.81. The molecule has 2 rings (SSSR count). The Morgan fingerprint density at radius 1 is 1.06 bits per heavy atom. The highest BCUT2D eigenvalue weighted by Gasteiger charge is 2.37. The summed E-state index contributed by atoms with van der Waals surface area (Å²) in [4.78, 5) is 10.7. The Hall–Kier alpha value is -1.31. The molecular weight excluding hydrogens is 222 g/mol. The lowest BCUT2D eigenvalue weighted by Gasteiger charge is -2.42. The van der Waals surface area contributed by atoms with Gasteiger partial charge in [-0.2, -0.15) is 0 Å². The number of amides is 1. The lowest BCUT2D eigenvalue weighted by molar-refractivity contribution is -0.105. The monoisotopic (exact) mass is 245 g/mol. The Bertz CT molecular complexity index is 486. The summed E-state index contributed by atoms with van der Waals surface area (Å²) in [6, 6.07) is 4.42. The van der Waals surface area contributed by atoms with Gasteiger partial charge >= 0.3 is 0 Å². The van der Waals surface area contributed by atoms with Crippen LogP contribution in [0.5, 0.6) is 0 Å². The number of fused-ring (bicyclic) bond motifs is 1. The first-order valence-electron chi connectivity index (χ1n) is 6.64. The fourth-order valence-electron chi connectivity index (χ4n) is 2.94. The van der Waals surface area contributed by atoms with Gasteiger partial charge in [-0.05, 0) is 53.4 Å². The Labute approximate surface area is 110 Å². The molecule has 98 valence electrons. The van der Waals surface area contributed by atoms with E-state index >= 15 is 0 Å². The van der Waals surface area contributed by atoms with Crippen LogP contribution in [0.15, 0.2) is 12.1 Å². The number of hydrogen-bond acceptors (Lipinski definition) is 1. The summed E-state index contributed by atoms with van der Waals surface area (Å²) >= 11 is 0. The van der Waals surface area contributed by atoms with Gasteiger partial charge in [-0.1, -0.05) is 33.8 Å². The van der Waals surface area contributed by atoms with Gasteiger partial charge in [0.1, 0.15) is 0 Å². The Morgan fingerprint density at radius 3 is 2.06 bits per heavy atom. The summed E-state index contributed by atoms with van der Waals surface area (Å²) in [6.45, 7) is 11.3. The third-order valence-electron chi connectivity index (χ3n) is 4.41. The maximum absolute atomic E-state index is 10.7. The molecule has 0 heterocycles. The average Bonchev–Trinajstić information content (AvgIpc) is 2.27. The molecular formula is C16H23NO. The van der Waals surface area contributed by atoms with Gasteiger partial charge in [0.25, 0.3) is 0 Å². The van der Waals surface area contributed by atoms with Crippen molar-refractivity contribution in [3.8, 4) is 0 Å². The molecule has 1 N–H and O–H groups in total. The van der Waals surface area contributed by atoms with E-state index in [4.69, 9.17) is 0 Å². The van der Waals surface area contributed by atoms with E-state index in [1.165, 1.54) is 24.0 Å². The zero-order valence-corrected chi connectivity index (χ0v) is 12.1. The van der Waals surface area contributed by atoms with Crippen LogP contribution >= 0.6 is 0 Å². The molecule has 0 unspecified atom stereocenters. The van der Waals surface area contributed by atoms with Crippen molar-refractivity contribution in [1.29, 1.82) is 0 Å². The predicted octanol–water partition coefficient (Wildman–Crippen LogP) is 3.91. The minimum absolute atomic E-state index is 0.192. The minimum Gasteiger partial charge on any atom is -0.328 e. The maximum Gasteiger partial charge on any atom is 0.211 e. The first-order chi connectivity index (χ1) is 8.28. The highest BCUT2D eigenvalue weighted by molar-refractivity contribution is 5.74. The standard InChI is InChI=1S/C16H23NO/c1-11-8-12-13(9-14(11)17-10-18)16(4,5)7-6-15(12,2)3/h8-10H,6-7H2,1-5H3,(H,17,18). The molecule has 0 fully saturated rings. The van der Waals surface area contributed by atoms with Gasteiger partial charge in [0.15, 0.2) is 0 Å². The van der Waals surface area contributed by atoms with Gasteiger partial charge in [-0.25, -0.2) is 0 Å². The van der Waals surface area contributed by atoms with Crippen molar-refractivity contribution in [3.63, 3.8) is 0 Å². The van der Waals surface area contributed by atoms with Gasteiger partial charge in [0.2, 0.25) is 6.41 Å². The van der Waals surface area contributed by atoms with Crippen molar-refractivity contribution in [2.24, 2.45) is 0 Å². The van der Waals surface area contributed by atoms with Crippen LogP contribution in [0.2, 0.25) is 0 Å². The van der Waals surface area contributed by atoms with Crippen LogP contribution in [-0.4, -0.2) is 6.41 Å². The third-order valence-corrected chi connectivity index (χ3v) is 4.41. The molecule has 1 aromatic carbocycles. The lowest BCUT2D eigenvalue weighted by Crippen LogP contribution is -2.34. The van der Waals surface area contributed by atoms with E-state index in [9.17, 15) is 4.79 Å². The minimum atomic E-state index is 0.192. The molecule has 0 radical (unpaired) electrons. The van der Waals surface area contributed by atoms with Gasteiger partial charge in [-0.3, -0.25) is 4.79 Å². The van der Waals surface area contributed by atoms with Gasteiger partial charge in [-0.15, -0.1) is 0 Å². The zero-order valence-electron chi connectivity index (χ0n) is 12.1. The number of aryl methyl sites for hydroxylation is 1. The van der Waals surface area contributed by atoms with E-state index in [2.05, 4.69) is 52.1 Å². The molecule has 1 aliphatic carbocycles. The molecule has 0 atom stereocenters.